The Hall–Kier alpha value is -1.13. The van der Waals surface area contributed by atoms with E-state index in [4.69, 9.17) is 15.2 Å². The molecule has 1 aromatic heterocycles. The van der Waals surface area contributed by atoms with E-state index in [-0.39, 0.29) is 6.04 Å². The van der Waals surface area contributed by atoms with Crippen molar-refractivity contribution in [2.75, 3.05) is 20.3 Å². The molecule has 0 amide bonds. The van der Waals surface area contributed by atoms with Crippen LogP contribution in [0.3, 0.4) is 0 Å². The lowest BCUT2D eigenvalue weighted by Crippen LogP contribution is -2.08. The van der Waals surface area contributed by atoms with E-state index in [9.17, 15) is 0 Å². The molecule has 14 heavy (non-hydrogen) atoms. The van der Waals surface area contributed by atoms with E-state index in [1.54, 1.807) is 13.3 Å². The van der Waals surface area contributed by atoms with Crippen LogP contribution in [0.4, 0.5) is 0 Å². The van der Waals surface area contributed by atoms with Crippen LogP contribution in [-0.2, 0) is 4.74 Å². The Labute approximate surface area is 84.0 Å². The third kappa shape index (κ3) is 3.32. The summed E-state index contributed by atoms with van der Waals surface area (Å²) in [5.41, 5.74) is 6.75. The van der Waals surface area contributed by atoms with Gasteiger partial charge in [-0.2, -0.15) is 0 Å². The summed E-state index contributed by atoms with van der Waals surface area (Å²) in [6, 6.07) is 3.73. The molecule has 0 aliphatic heterocycles. The topological polar surface area (TPSA) is 57.4 Å². The van der Waals surface area contributed by atoms with Crippen molar-refractivity contribution in [3.05, 3.63) is 23.9 Å². The summed E-state index contributed by atoms with van der Waals surface area (Å²) in [4.78, 5) is 4.06. The van der Waals surface area contributed by atoms with Crippen molar-refractivity contribution in [3.8, 4) is 5.88 Å². The summed E-state index contributed by atoms with van der Waals surface area (Å²) in [6.45, 7) is 2.99. The fraction of sp³-hybridized carbons (Fsp3) is 0.500. The van der Waals surface area contributed by atoms with Crippen molar-refractivity contribution in [1.82, 2.24) is 4.98 Å². The van der Waals surface area contributed by atoms with E-state index < -0.39 is 0 Å². The predicted octanol–water partition coefficient (Wildman–Crippen LogP) is 1.13. The summed E-state index contributed by atoms with van der Waals surface area (Å²) in [5.74, 6) is 0.594. The molecule has 0 aliphatic carbocycles. The molecular formula is C10H16N2O2. The van der Waals surface area contributed by atoms with Crippen LogP contribution in [0.2, 0.25) is 0 Å². The number of aromatic nitrogens is 1. The van der Waals surface area contributed by atoms with Crippen LogP contribution in [0.5, 0.6) is 5.88 Å². The van der Waals surface area contributed by atoms with Gasteiger partial charge in [-0.3, -0.25) is 0 Å². The lowest BCUT2D eigenvalue weighted by Gasteiger charge is -2.08. The summed E-state index contributed by atoms with van der Waals surface area (Å²) >= 11 is 0. The van der Waals surface area contributed by atoms with E-state index in [2.05, 4.69) is 4.98 Å². The number of nitrogens with two attached hydrogens (primary N) is 1. The molecular weight excluding hydrogens is 180 g/mol. The monoisotopic (exact) mass is 196 g/mol. The Morgan fingerprint density at radius 2 is 2.29 bits per heavy atom. The Balaban J connectivity index is 2.55. The van der Waals surface area contributed by atoms with Crippen LogP contribution >= 0.6 is 0 Å². The van der Waals surface area contributed by atoms with E-state index in [1.807, 2.05) is 19.1 Å². The highest BCUT2D eigenvalue weighted by Crippen LogP contribution is 2.14. The number of hydrogen-bond acceptors (Lipinski definition) is 4. The second-order valence-corrected chi connectivity index (χ2v) is 3.06. The normalized spacial score (nSPS) is 12.5. The van der Waals surface area contributed by atoms with Crippen molar-refractivity contribution >= 4 is 0 Å². The Kier molecular flexibility index (Phi) is 4.35. The van der Waals surface area contributed by atoms with E-state index in [1.165, 1.54) is 0 Å². The lowest BCUT2D eigenvalue weighted by atomic mass is 10.1. The highest BCUT2D eigenvalue weighted by atomic mass is 16.5. The molecule has 0 spiro atoms. The maximum atomic E-state index is 5.73. The molecule has 0 saturated carbocycles. The molecule has 1 rings (SSSR count). The minimum Gasteiger partial charge on any atom is -0.475 e. The van der Waals surface area contributed by atoms with Gasteiger partial charge in [0, 0.05) is 25.4 Å². The van der Waals surface area contributed by atoms with Crippen molar-refractivity contribution in [2.24, 2.45) is 5.73 Å². The molecule has 4 nitrogen and oxygen atoms in total. The number of nitrogens with zero attached hydrogens (tertiary/aromatic N) is 1. The van der Waals surface area contributed by atoms with E-state index in [0.29, 0.717) is 19.1 Å². The highest BCUT2D eigenvalue weighted by molar-refractivity contribution is 5.22. The first-order valence-corrected chi connectivity index (χ1v) is 4.57. The minimum absolute atomic E-state index is 0.00257. The summed E-state index contributed by atoms with van der Waals surface area (Å²) in [6.07, 6.45) is 1.70. The van der Waals surface area contributed by atoms with Gasteiger partial charge in [0.05, 0.1) is 6.61 Å². The van der Waals surface area contributed by atoms with Crippen molar-refractivity contribution < 1.29 is 9.47 Å². The second kappa shape index (κ2) is 5.57. The van der Waals surface area contributed by atoms with Gasteiger partial charge in [-0.1, -0.05) is 0 Å². The van der Waals surface area contributed by atoms with Gasteiger partial charge < -0.3 is 15.2 Å². The molecule has 1 aromatic rings. The van der Waals surface area contributed by atoms with Gasteiger partial charge >= 0.3 is 0 Å². The number of hydrogen-bond donors (Lipinski definition) is 1. The number of methoxy groups -OCH3 is 1. The second-order valence-electron chi connectivity index (χ2n) is 3.06. The van der Waals surface area contributed by atoms with Crippen molar-refractivity contribution in [3.63, 3.8) is 0 Å². The molecule has 1 heterocycles. The summed E-state index contributed by atoms with van der Waals surface area (Å²) in [7, 11) is 1.63. The minimum atomic E-state index is 0.00257. The molecule has 0 bridgehead atoms. The van der Waals surface area contributed by atoms with Gasteiger partial charge in [-0.25, -0.2) is 4.98 Å². The largest absolute Gasteiger partial charge is 0.475 e. The van der Waals surface area contributed by atoms with Crippen molar-refractivity contribution in [1.29, 1.82) is 0 Å². The lowest BCUT2D eigenvalue weighted by molar-refractivity contribution is 0.143. The molecule has 0 radical (unpaired) electrons. The quantitative estimate of drug-likeness (QED) is 0.717. The fourth-order valence-corrected chi connectivity index (χ4v) is 1.02. The average Bonchev–Trinajstić information content (AvgIpc) is 2.19. The average molecular weight is 196 g/mol. The van der Waals surface area contributed by atoms with Crippen LogP contribution in [0.15, 0.2) is 18.3 Å². The third-order valence-electron chi connectivity index (χ3n) is 1.82. The molecule has 0 saturated heterocycles. The standard InChI is InChI=1S/C10H16N2O2/c1-8(11)9-3-4-12-10(7-9)14-6-5-13-2/h3-4,7-8H,5-6,11H2,1-2H3/t8-/m0/s1. The van der Waals surface area contributed by atoms with Crippen LogP contribution in [0.1, 0.15) is 18.5 Å². The van der Waals surface area contributed by atoms with Crippen LogP contribution in [-0.4, -0.2) is 25.3 Å². The Morgan fingerprint density at radius 1 is 1.50 bits per heavy atom. The molecule has 0 aliphatic rings. The first-order valence-electron chi connectivity index (χ1n) is 4.57. The fourth-order valence-electron chi connectivity index (χ4n) is 1.02. The molecule has 0 aromatic carbocycles. The van der Waals surface area contributed by atoms with Gasteiger partial charge in [-0.05, 0) is 18.6 Å². The molecule has 0 unspecified atom stereocenters. The number of pyridine rings is 1. The Bertz CT molecular complexity index is 277. The Morgan fingerprint density at radius 3 is 2.93 bits per heavy atom. The zero-order chi connectivity index (χ0) is 10.4. The molecule has 0 fully saturated rings. The molecule has 2 N–H and O–H groups in total. The zero-order valence-electron chi connectivity index (χ0n) is 8.56. The third-order valence-corrected chi connectivity index (χ3v) is 1.82. The van der Waals surface area contributed by atoms with Gasteiger partial charge in [0.25, 0.3) is 0 Å². The number of rotatable bonds is 5. The molecule has 1 atom stereocenters. The first-order chi connectivity index (χ1) is 6.74. The van der Waals surface area contributed by atoms with E-state index >= 15 is 0 Å². The van der Waals surface area contributed by atoms with E-state index in [0.717, 1.165) is 5.56 Å². The van der Waals surface area contributed by atoms with Crippen LogP contribution < -0.4 is 10.5 Å². The van der Waals surface area contributed by atoms with Gasteiger partial charge in [0.15, 0.2) is 0 Å². The highest BCUT2D eigenvalue weighted by Gasteiger charge is 2.01. The van der Waals surface area contributed by atoms with Gasteiger partial charge in [0.1, 0.15) is 6.61 Å². The summed E-state index contributed by atoms with van der Waals surface area (Å²) < 4.78 is 10.2. The van der Waals surface area contributed by atoms with Crippen LogP contribution in [0, 0.1) is 0 Å². The SMILES string of the molecule is COCCOc1cc([C@H](C)N)ccn1. The smallest absolute Gasteiger partial charge is 0.213 e. The van der Waals surface area contributed by atoms with Gasteiger partial charge in [-0.15, -0.1) is 0 Å². The maximum absolute atomic E-state index is 5.73. The summed E-state index contributed by atoms with van der Waals surface area (Å²) in [5, 5.41) is 0. The predicted molar refractivity (Wildman–Crippen MR) is 54.2 cm³/mol. The first kappa shape index (κ1) is 10.9. The van der Waals surface area contributed by atoms with Crippen LogP contribution in [0.25, 0.3) is 0 Å². The molecule has 78 valence electrons. The zero-order valence-corrected chi connectivity index (χ0v) is 8.56. The van der Waals surface area contributed by atoms with Crippen molar-refractivity contribution in [2.45, 2.75) is 13.0 Å². The van der Waals surface area contributed by atoms with Gasteiger partial charge in [0.2, 0.25) is 5.88 Å². The molecule has 4 heteroatoms. The number of ether oxygens (including phenoxy) is 2. The maximum Gasteiger partial charge on any atom is 0.213 e.